The molecule has 0 aromatic carbocycles. The number of piperidine rings is 1. The summed E-state index contributed by atoms with van der Waals surface area (Å²) in [6.45, 7) is 1.92. The van der Waals surface area contributed by atoms with E-state index in [-0.39, 0.29) is 11.9 Å². The third kappa shape index (κ3) is 3.72. The zero-order chi connectivity index (χ0) is 14.5. The first kappa shape index (κ1) is 15.3. The monoisotopic (exact) mass is 282 g/mol. The minimum absolute atomic E-state index is 0.144. The van der Waals surface area contributed by atoms with Gasteiger partial charge in [0.2, 0.25) is 5.91 Å². The number of amides is 1. The molecule has 5 heteroatoms. The highest BCUT2D eigenvalue weighted by Gasteiger charge is 2.35. The molecule has 5 nitrogen and oxygen atoms in total. The summed E-state index contributed by atoms with van der Waals surface area (Å²) in [5.41, 5.74) is 0. The SMILES string of the molecule is CCCC(NC(=O)C1CCC2CCCCC2N1)C(=O)O. The molecule has 0 aromatic rings. The Kier molecular flexibility index (Phi) is 5.40. The van der Waals surface area contributed by atoms with Gasteiger partial charge in [0.1, 0.15) is 6.04 Å². The number of carboxylic acid groups (broad SMARTS) is 1. The highest BCUT2D eigenvalue weighted by molar-refractivity contribution is 5.87. The first-order valence-electron chi connectivity index (χ1n) is 7.91. The second-order valence-electron chi connectivity index (χ2n) is 6.14. The summed E-state index contributed by atoms with van der Waals surface area (Å²) in [6.07, 6.45) is 8.09. The Morgan fingerprint density at radius 2 is 2.00 bits per heavy atom. The number of rotatable bonds is 5. The summed E-state index contributed by atoms with van der Waals surface area (Å²) in [6, 6.07) is -0.519. The van der Waals surface area contributed by atoms with Crippen molar-refractivity contribution in [3.8, 4) is 0 Å². The van der Waals surface area contributed by atoms with Crippen molar-refractivity contribution in [3.05, 3.63) is 0 Å². The van der Waals surface area contributed by atoms with Gasteiger partial charge in [-0.15, -0.1) is 0 Å². The fraction of sp³-hybridized carbons (Fsp3) is 0.867. The molecule has 1 saturated heterocycles. The molecule has 0 aromatic heterocycles. The van der Waals surface area contributed by atoms with Crippen LogP contribution in [0.2, 0.25) is 0 Å². The van der Waals surface area contributed by atoms with E-state index in [2.05, 4.69) is 10.6 Å². The van der Waals surface area contributed by atoms with Crippen molar-refractivity contribution in [3.63, 3.8) is 0 Å². The number of carbonyl (C=O) groups is 2. The molecule has 114 valence electrons. The lowest BCUT2D eigenvalue weighted by molar-refractivity contribution is -0.142. The van der Waals surface area contributed by atoms with Crippen LogP contribution in [0.25, 0.3) is 0 Å². The van der Waals surface area contributed by atoms with E-state index in [4.69, 9.17) is 5.11 Å². The van der Waals surface area contributed by atoms with E-state index in [0.29, 0.717) is 18.4 Å². The van der Waals surface area contributed by atoms with Crippen LogP contribution in [-0.2, 0) is 9.59 Å². The van der Waals surface area contributed by atoms with Crippen molar-refractivity contribution in [2.75, 3.05) is 0 Å². The molecule has 2 fully saturated rings. The standard InChI is InChI=1S/C15H26N2O3/c1-2-5-13(15(19)20)17-14(18)12-9-8-10-6-3-4-7-11(10)16-12/h10-13,16H,2-9H2,1H3,(H,17,18)(H,19,20). The molecule has 20 heavy (non-hydrogen) atoms. The predicted octanol–water partition coefficient (Wildman–Crippen LogP) is 1.67. The molecule has 0 spiro atoms. The summed E-state index contributed by atoms with van der Waals surface area (Å²) in [7, 11) is 0. The van der Waals surface area contributed by atoms with Gasteiger partial charge in [-0.2, -0.15) is 0 Å². The molecular weight excluding hydrogens is 256 g/mol. The Morgan fingerprint density at radius 3 is 2.70 bits per heavy atom. The first-order chi connectivity index (χ1) is 9.61. The average Bonchev–Trinajstić information content (AvgIpc) is 2.46. The number of hydrogen-bond acceptors (Lipinski definition) is 3. The lowest BCUT2D eigenvalue weighted by atomic mass is 9.77. The maximum atomic E-state index is 12.2. The fourth-order valence-electron chi connectivity index (χ4n) is 3.52. The summed E-state index contributed by atoms with van der Waals surface area (Å²) in [5.74, 6) is -0.375. The van der Waals surface area contributed by atoms with Crippen molar-refractivity contribution in [1.82, 2.24) is 10.6 Å². The second-order valence-corrected chi connectivity index (χ2v) is 6.14. The maximum absolute atomic E-state index is 12.2. The lowest BCUT2D eigenvalue weighted by Crippen LogP contribution is -2.57. The zero-order valence-corrected chi connectivity index (χ0v) is 12.2. The molecule has 4 atom stereocenters. The Labute approximate surface area is 120 Å². The lowest BCUT2D eigenvalue weighted by Gasteiger charge is -2.40. The van der Waals surface area contributed by atoms with Crippen LogP contribution in [-0.4, -0.2) is 35.1 Å². The van der Waals surface area contributed by atoms with Crippen LogP contribution in [0.5, 0.6) is 0 Å². The molecule has 0 radical (unpaired) electrons. The molecule has 1 aliphatic carbocycles. The Bertz CT molecular complexity index is 359. The summed E-state index contributed by atoms with van der Waals surface area (Å²) in [4.78, 5) is 23.3. The van der Waals surface area contributed by atoms with E-state index < -0.39 is 12.0 Å². The van der Waals surface area contributed by atoms with Gasteiger partial charge in [0.15, 0.2) is 0 Å². The van der Waals surface area contributed by atoms with E-state index in [0.717, 1.165) is 25.7 Å². The Morgan fingerprint density at radius 1 is 1.25 bits per heavy atom. The highest BCUT2D eigenvalue weighted by atomic mass is 16.4. The fourth-order valence-corrected chi connectivity index (χ4v) is 3.52. The number of carbonyl (C=O) groups excluding carboxylic acids is 1. The number of carboxylic acids is 1. The van der Waals surface area contributed by atoms with Crippen LogP contribution in [0.15, 0.2) is 0 Å². The molecule has 1 amide bonds. The third-order valence-electron chi connectivity index (χ3n) is 4.66. The number of nitrogens with one attached hydrogen (secondary N) is 2. The molecule has 1 aliphatic heterocycles. The highest BCUT2D eigenvalue weighted by Crippen LogP contribution is 2.32. The van der Waals surface area contributed by atoms with Gasteiger partial charge in [0.05, 0.1) is 6.04 Å². The maximum Gasteiger partial charge on any atom is 0.326 e. The topological polar surface area (TPSA) is 78.4 Å². The minimum atomic E-state index is -0.938. The van der Waals surface area contributed by atoms with E-state index in [1.54, 1.807) is 0 Å². The van der Waals surface area contributed by atoms with Crippen molar-refractivity contribution in [2.45, 2.75) is 76.4 Å². The van der Waals surface area contributed by atoms with Crippen molar-refractivity contribution < 1.29 is 14.7 Å². The zero-order valence-electron chi connectivity index (χ0n) is 12.2. The van der Waals surface area contributed by atoms with Crippen molar-refractivity contribution in [2.24, 2.45) is 5.92 Å². The van der Waals surface area contributed by atoms with Gasteiger partial charge in [-0.1, -0.05) is 26.2 Å². The first-order valence-corrected chi connectivity index (χ1v) is 7.91. The van der Waals surface area contributed by atoms with Gasteiger partial charge in [-0.3, -0.25) is 4.79 Å². The molecule has 3 N–H and O–H groups in total. The summed E-state index contributed by atoms with van der Waals surface area (Å²) in [5, 5.41) is 15.2. The largest absolute Gasteiger partial charge is 0.480 e. The normalized spacial score (nSPS) is 31.1. The minimum Gasteiger partial charge on any atom is -0.480 e. The molecule has 2 rings (SSSR count). The van der Waals surface area contributed by atoms with E-state index in [1.165, 1.54) is 19.3 Å². The second kappa shape index (κ2) is 7.07. The van der Waals surface area contributed by atoms with Crippen LogP contribution >= 0.6 is 0 Å². The molecule has 1 saturated carbocycles. The number of aliphatic carboxylic acids is 1. The Hall–Kier alpha value is -1.10. The van der Waals surface area contributed by atoms with Crippen LogP contribution in [0, 0.1) is 5.92 Å². The number of fused-ring (bicyclic) bond motifs is 1. The smallest absolute Gasteiger partial charge is 0.326 e. The molecular formula is C15H26N2O3. The predicted molar refractivity (Wildman–Crippen MR) is 76.4 cm³/mol. The summed E-state index contributed by atoms with van der Waals surface area (Å²) >= 11 is 0. The average molecular weight is 282 g/mol. The molecule has 4 unspecified atom stereocenters. The quantitative estimate of drug-likeness (QED) is 0.716. The third-order valence-corrected chi connectivity index (χ3v) is 4.66. The van der Waals surface area contributed by atoms with Gasteiger partial charge in [-0.05, 0) is 38.0 Å². The van der Waals surface area contributed by atoms with E-state index in [1.807, 2.05) is 6.92 Å². The van der Waals surface area contributed by atoms with Crippen molar-refractivity contribution in [1.29, 1.82) is 0 Å². The van der Waals surface area contributed by atoms with Crippen LogP contribution in [0.4, 0.5) is 0 Å². The van der Waals surface area contributed by atoms with Gasteiger partial charge in [0.25, 0.3) is 0 Å². The number of hydrogen-bond donors (Lipinski definition) is 3. The Balaban J connectivity index is 1.87. The van der Waals surface area contributed by atoms with E-state index >= 15 is 0 Å². The molecule has 0 bridgehead atoms. The molecule has 1 heterocycles. The van der Waals surface area contributed by atoms with Crippen molar-refractivity contribution >= 4 is 11.9 Å². The van der Waals surface area contributed by atoms with Gasteiger partial charge >= 0.3 is 5.97 Å². The van der Waals surface area contributed by atoms with Crippen LogP contribution < -0.4 is 10.6 Å². The summed E-state index contributed by atoms with van der Waals surface area (Å²) < 4.78 is 0. The van der Waals surface area contributed by atoms with Gasteiger partial charge < -0.3 is 15.7 Å². The van der Waals surface area contributed by atoms with Crippen LogP contribution in [0.3, 0.4) is 0 Å². The van der Waals surface area contributed by atoms with Gasteiger partial charge in [-0.25, -0.2) is 4.79 Å². The van der Waals surface area contributed by atoms with E-state index in [9.17, 15) is 9.59 Å². The molecule has 2 aliphatic rings. The van der Waals surface area contributed by atoms with Gasteiger partial charge in [0, 0.05) is 6.04 Å². The van der Waals surface area contributed by atoms with Crippen LogP contribution in [0.1, 0.15) is 58.3 Å².